The van der Waals surface area contributed by atoms with E-state index in [-0.39, 0.29) is 18.6 Å². The van der Waals surface area contributed by atoms with Gasteiger partial charge in [-0.2, -0.15) is 0 Å². The second-order valence-electron chi connectivity index (χ2n) is 6.71. The molecule has 0 radical (unpaired) electrons. The highest BCUT2D eigenvalue weighted by atomic mass is 32.2. The zero-order valence-electron chi connectivity index (χ0n) is 15.7. The Labute approximate surface area is 176 Å². The van der Waals surface area contributed by atoms with Gasteiger partial charge in [0.25, 0.3) is 0 Å². The Kier molecular flexibility index (Phi) is 4.99. The summed E-state index contributed by atoms with van der Waals surface area (Å²) in [7, 11) is 0. The van der Waals surface area contributed by atoms with E-state index >= 15 is 0 Å². The fourth-order valence-corrected chi connectivity index (χ4v) is 4.27. The summed E-state index contributed by atoms with van der Waals surface area (Å²) in [5, 5.41) is 18.9. The molecular formula is C21H17FN6OS. The summed E-state index contributed by atoms with van der Waals surface area (Å²) in [6, 6.07) is 12.1. The minimum absolute atomic E-state index is 0.0104. The summed E-state index contributed by atoms with van der Waals surface area (Å²) in [6.45, 7) is 0.376. The fraction of sp³-hybridized carbons (Fsp3) is 0.143. The molecule has 30 heavy (non-hydrogen) atoms. The van der Waals surface area contributed by atoms with Crippen LogP contribution in [0.5, 0.6) is 0 Å². The largest absolute Gasteiger partial charge is 0.395 e. The van der Waals surface area contributed by atoms with Crippen LogP contribution in [0, 0.1) is 5.82 Å². The van der Waals surface area contributed by atoms with Crippen LogP contribution in [0.2, 0.25) is 0 Å². The van der Waals surface area contributed by atoms with Crippen LogP contribution in [0.4, 0.5) is 4.39 Å². The first kappa shape index (κ1) is 18.9. The molecule has 0 saturated heterocycles. The Hall–Kier alpha value is -3.14. The first-order valence-corrected chi connectivity index (χ1v) is 10.2. The molecule has 1 atom stereocenters. The molecular weight excluding hydrogens is 403 g/mol. The zero-order chi connectivity index (χ0) is 20.5. The normalized spacial score (nSPS) is 14.9. The third kappa shape index (κ3) is 3.47. The second kappa shape index (κ2) is 7.94. The van der Waals surface area contributed by atoms with Gasteiger partial charge in [0.1, 0.15) is 17.0 Å². The number of pyridine rings is 2. The molecule has 1 unspecified atom stereocenters. The molecule has 4 heterocycles. The first-order chi connectivity index (χ1) is 14.7. The highest BCUT2D eigenvalue weighted by molar-refractivity contribution is 7.99. The standard InChI is InChI=1S/C21H17FN6OS/c22-16-5-3-13(4-6-16)15-10-17-19(24-8-9-29)28-21(30-20(17)25-12-15)26-18(27-28)14-2-1-7-23-11-14/h1-7,10-12,19,24,29H,8-9H2. The van der Waals surface area contributed by atoms with E-state index in [9.17, 15) is 9.50 Å². The number of benzene rings is 1. The number of aromatic nitrogens is 5. The maximum atomic E-state index is 13.3. The molecule has 4 aromatic rings. The number of fused-ring (bicyclic) bond motifs is 2. The van der Waals surface area contributed by atoms with Gasteiger partial charge in [-0.15, -0.1) is 5.10 Å². The van der Waals surface area contributed by atoms with E-state index in [1.165, 1.54) is 23.9 Å². The van der Waals surface area contributed by atoms with Crippen molar-refractivity contribution in [3.63, 3.8) is 0 Å². The lowest BCUT2D eigenvalue weighted by Crippen LogP contribution is -2.33. The summed E-state index contributed by atoms with van der Waals surface area (Å²) < 4.78 is 15.1. The maximum Gasteiger partial charge on any atom is 0.194 e. The van der Waals surface area contributed by atoms with Gasteiger partial charge in [-0.25, -0.2) is 19.0 Å². The molecule has 7 nitrogen and oxygen atoms in total. The van der Waals surface area contributed by atoms with Crippen LogP contribution in [0.25, 0.3) is 22.5 Å². The Morgan fingerprint density at radius 3 is 2.73 bits per heavy atom. The molecule has 0 bridgehead atoms. The van der Waals surface area contributed by atoms with Crippen molar-refractivity contribution in [3.05, 3.63) is 72.4 Å². The highest BCUT2D eigenvalue weighted by Gasteiger charge is 2.30. The number of halogens is 1. The van der Waals surface area contributed by atoms with Gasteiger partial charge < -0.3 is 5.11 Å². The highest BCUT2D eigenvalue weighted by Crippen LogP contribution is 2.40. The molecule has 9 heteroatoms. The van der Waals surface area contributed by atoms with E-state index in [2.05, 4.69) is 20.3 Å². The fourth-order valence-electron chi connectivity index (χ4n) is 3.33. The maximum absolute atomic E-state index is 13.3. The number of rotatable bonds is 5. The molecule has 150 valence electrons. The van der Waals surface area contributed by atoms with E-state index < -0.39 is 0 Å². The lowest BCUT2D eigenvalue weighted by molar-refractivity contribution is 0.271. The van der Waals surface area contributed by atoms with Crippen LogP contribution < -0.4 is 5.32 Å². The molecule has 1 aromatic carbocycles. The van der Waals surface area contributed by atoms with Crippen LogP contribution in [0.3, 0.4) is 0 Å². The summed E-state index contributed by atoms with van der Waals surface area (Å²) in [5.41, 5.74) is 3.49. The van der Waals surface area contributed by atoms with E-state index in [0.717, 1.165) is 27.3 Å². The van der Waals surface area contributed by atoms with Crippen LogP contribution in [0.15, 0.2) is 71.2 Å². The van der Waals surface area contributed by atoms with E-state index in [1.54, 1.807) is 35.4 Å². The summed E-state index contributed by atoms with van der Waals surface area (Å²) in [6.07, 6.45) is 4.86. The third-order valence-corrected chi connectivity index (χ3v) is 5.75. The van der Waals surface area contributed by atoms with Gasteiger partial charge in [-0.1, -0.05) is 12.1 Å². The quantitative estimate of drug-likeness (QED) is 0.513. The van der Waals surface area contributed by atoms with Gasteiger partial charge in [0.15, 0.2) is 11.0 Å². The number of hydrogen-bond donors (Lipinski definition) is 2. The van der Waals surface area contributed by atoms with Crippen molar-refractivity contribution < 1.29 is 9.50 Å². The molecule has 3 aromatic heterocycles. The Morgan fingerprint density at radius 2 is 1.97 bits per heavy atom. The average Bonchev–Trinajstić information content (AvgIpc) is 3.21. The van der Waals surface area contributed by atoms with Crippen molar-refractivity contribution in [2.24, 2.45) is 0 Å². The minimum atomic E-state index is -0.339. The summed E-state index contributed by atoms with van der Waals surface area (Å²) in [5.74, 6) is 0.297. The summed E-state index contributed by atoms with van der Waals surface area (Å²) in [4.78, 5) is 13.4. The van der Waals surface area contributed by atoms with Crippen molar-refractivity contribution in [1.82, 2.24) is 30.0 Å². The van der Waals surface area contributed by atoms with Crippen LogP contribution in [0.1, 0.15) is 11.7 Å². The lowest BCUT2D eigenvalue weighted by atomic mass is 10.0. The van der Waals surface area contributed by atoms with Crippen molar-refractivity contribution in [1.29, 1.82) is 0 Å². The Morgan fingerprint density at radius 1 is 1.10 bits per heavy atom. The zero-order valence-corrected chi connectivity index (χ0v) is 16.6. The van der Waals surface area contributed by atoms with Crippen molar-refractivity contribution in [2.45, 2.75) is 16.3 Å². The van der Waals surface area contributed by atoms with Crippen molar-refractivity contribution in [3.8, 4) is 22.5 Å². The average molecular weight is 420 g/mol. The number of hydrogen-bond acceptors (Lipinski definition) is 7. The molecule has 0 fully saturated rings. The van der Waals surface area contributed by atoms with Gasteiger partial charge in [0.2, 0.25) is 0 Å². The number of aliphatic hydroxyl groups excluding tert-OH is 1. The van der Waals surface area contributed by atoms with Gasteiger partial charge in [-0.3, -0.25) is 10.3 Å². The molecule has 1 aliphatic rings. The molecule has 5 rings (SSSR count). The number of aliphatic hydroxyl groups is 1. The Bertz CT molecular complexity index is 1180. The molecule has 0 amide bonds. The first-order valence-electron chi connectivity index (χ1n) is 9.38. The Balaban J connectivity index is 1.57. The molecule has 0 saturated carbocycles. The van der Waals surface area contributed by atoms with E-state index in [0.29, 0.717) is 17.5 Å². The lowest BCUT2D eigenvalue weighted by Gasteiger charge is -2.26. The third-order valence-electron chi connectivity index (χ3n) is 4.75. The molecule has 2 N–H and O–H groups in total. The van der Waals surface area contributed by atoms with Gasteiger partial charge in [0.05, 0.1) is 6.61 Å². The molecule has 0 spiro atoms. The number of nitrogens with zero attached hydrogens (tertiary/aromatic N) is 5. The minimum Gasteiger partial charge on any atom is -0.395 e. The van der Waals surface area contributed by atoms with E-state index in [1.807, 2.05) is 18.2 Å². The van der Waals surface area contributed by atoms with Crippen LogP contribution in [-0.2, 0) is 0 Å². The van der Waals surface area contributed by atoms with E-state index in [4.69, 9.17) is 5.10 Å². The van der Waals surface area contributed by atoms with Crippen LogP contribution >= 0.6 is 11.8 Å². The van der Waals surface area contributed by atoms with Crippen molar-refractivity contribution >= 4 is 11.8 Å². The van der Waals surface area contributed by atoms with Crippen LogP contribution in [-0.4, -0.2) is 43.0 Å². The van der Waals surface area contributed by atoms with Gasteiger partial charge >= 0.3 is 0 Å². The summed E-state index contributed by atoms with van der Waals surface area (Å²) >= 11 is 1.44. The monoisotopic (exact) mass is 420 g/mol. The molecule has 0 aliphatic carbocycles. The predicted octanol–water partition coefficient (Wildman–Crippen LogP) is 3.13. The topological polar surface area (TPSA) is 88.8 Å². The number of nitrogens with one attached hydrogen (secondary N) is 1. The SMILES string of the molecule is OCCNC1c2cc(-c3ccc(F)cc3)cnc2Sc2nc(-c3cccnc3)nn21. The smallest absolute Gasteiger partial charge is 0.194 e. The predicted molar refractivity (Wildman–Crippen MR) is 110 cm³/mol. The molecule has 1 aliphatic heterocycles. The van der Waals surface area contributed by atoms with Crippen molar-refractivity contribution in [2.75, 3.05) is 13.2 Å². The van der Waals surface area contributed by atoms with Gasteiger partial charge in [0, 0.05) is 41.8 Å². The second-order valence-corrected chi connectivity index (χ2v) is 7.67. The van der Waals surface area contributed by atoms with Gasteiger partial charge in [-0.05, 0) is 47.7 Å².